The minimum absolute atomic E-state index is 0.0367. The predicted molar refractivity (Wildman–Crippen MR) is 124 cm³/mol. The molecule has 2 aromatic rings. The van der Waals surface area contributed by atoms with Crippen molar-refractivity contribution in [3.8, 4) is 0 Å². The van der Waals surface area contributed by atoms with Crippen LogP contribution in [0.5, 0.6) is 0 Å². The Morgan fingerprint density at radius 1 is 0.969 bits per heavy atom. The number of sulfone groups is 1. The van der Waals surface area contributed by atoms with Crippen molar-refractivity contribution in [2.45, 2.75) is 42.6 Å². The van der Waals surface area contributed by atoms with Gasteiger partial charge in [0.2, 0.25) is 15.9 Å². The highest BCUT2D eigenvalue weighted by Crippen LogP contribution is 2.27. The number of benzene rings is 2. The average Bonchev–Trinajstić information content (AvgIpc) is 2.68. The van der Waals surface area contributed by atoms with E-state index in [1.165, 1.54) is 28.6 Å². The molecule has 0 spiro atoms. The molecule has 1 aliphatic rings. The first-order valence-electron chi connectivity index (χ1n) is 10.3. The van der Waals surface area contributed by atoms with Gasteiger partial charge in [0.15, 0.2) is 9.84 Å². The Hall–Kier alpha value is -2.27. The number of amides is 1. The number of para-hydroxylation sites is 1. The van der Waals surface area contributed by atoms with Crippen LogP contribution in [0.1, 0.15) is 19.4 Å². The van der Waals surface area contributed by atoms with Crippen molar-refractivity contribution < 1.29 is 21.6 Å². The lowest BCUT2D eigenvalue weighted by molar-refractivity contribution is -0.118. The summed E-state index contributed by atoms with van der Waals surface area (Å²) in [5.74, 6) is -0.157. The predicted octanol–water partition coefficient (Wildman–Crippen LogP) is 2.12. The van der Waals surface area contributed by atoms with Crippen molar-refractivity contribution in [1.82, 2.24) is 9.21 Å². The summed E-state index contributed by atoms with van der Waals surface area (Å²) in [6.07, 6.45) is 1.05. The van der Waals surface area contributed by atoms with E-state index in [2.05, 4.69) is 5.32 Å². The van der Waals surface area contributed by atoms with Crippen LogP contribution in [-0.4, -0.2) is 69.9 Å². The zero-order valence-electron chi connectivity index (χ0n) is 18.6. The number of aryl methyl sites for hydroxylation is 1. The smallest absolute Gasteiger partial charge is 0.243 e. The summed E-state index contributed by atoms with van der Waals surface area (Å²) in [7, 11) is -7.44. The van der Waals surface area contributed by atoms with Crippen molar-refractivity contribution in [2.75, 3.05) is 31.2 Å². The fourth-order valence-electron chi connectivity index (χ4n) is 4.11. The lowest BCUT2D eigenvalue weighted by Gasteiger charge is -2.43. The molecule has 2 aromatic carbocycles. The molecule has 0 aliphatic carbocycles. The van der Waals surface area contributed by atoms with Gasteiger partial charge in [0.1, 0.15) is 0 Å². The van der Waals surface area contributed by atoms with E-state index in [0.717, 1.165) is 17.5 Å². The average molecular weight is 480 g/mol. The van der Waals surface area contributed by atoms with Gasteiger partial charge in [-0.3, -0.25) is 9.69 Å². The number of rotatable bonds is 6. The maximum absolute atomic E-state index is 13.3. The molecule has 0 saturated carbocycles. The molecule has 1 saturated heterocycles. The van der Waals surface area contributed by atoms with E-state index >= 15 is 0 Å². The van der Waals surface area contributed by atoms with Crippen LogP contribution >= 0.6 is 0 Å². The molecule has 0 aromatic heterocycles. The highest BCUT2D eigenvalue weighted by atomic mass is 32.2. The van der Waals surface area contributed by atoms with Gasteiger partial charge in [0, 0.05) is 37.1 Å². The molecule has 2 atom stereocenters. The summed E-state index contributed by atoms with van der Waals surface area (Å²) in [5, 5.41) is 2.91. The molecule has 0 unspecified atom stereocenters. The standard InChI is InChI=1S/C22H29N3O5S2/c1-16-8-5-6-11-21(16)23-22(26)15-24-13-17(2)25(18(3)14-24)32(29,30)20-10-7-9-19(12-20)31(4,27)28/h5-12,17-18H,13-15H2,1-4H3,(H,23,26)/t17-,18+. The Morgan fingerprint density at radius 2 is 1.56 bits per heavy atom. The van der Waals surface area contributed by atoms with Gasteiger partial charge in [-0.15, -0.1) is 0 Å². The van der Waals surface area contributed by atoms with Crippen molar-refractivity contribution in [1.29, 1.82) is 0 Å². The second-order valence-corrected chi connectivity index (χ2v) is 12.2. The summed E-state index contributed by atoms with van der Waals surface area (Å²) >= 11 is 0. The number of hydrogen-bond acceptors (Lipinski definition) is 6. The zero-order valence-corrected chi connectivity index (χ0v) is 20.3. The zero-order chi connectivity index (χ0) is 23.7. The highest BCUT2D eigenvalue weighted by molar-refractivity contribution is 7.91. The van der Waals surface area contributed by atoms with Crippen molar-refractivity contribution in [3.63, 3.8) is 0 Å². The number of sulfonamides is 1. The van der Waals surface area contributed by atoms with E-state index < -0.39 is 31.9 Å². The number of nitrogens with one attached hydrogen (secondary N) is 1. The molecule has 10 heteroatoms. The van der Waals surface area contributed by atoms with Crippen LogP contribution in [0, 0.1) is 6.92 Å². The molecule has 1 aliphatic heterocycles. The number of piperazine rings is 1. The summed E-state index contributed by atoms with van der Waals surface area (Å²) in [6.45, 7) is 6.43. The quantitative estimate of drug-likeness (QED) is 0.681. The van der Waals surface area contributed by atoms with E-state index in [1.54, 1.807) is 13.8 Å². The molecule has 3 rings (SSSR count). The largest absolute Gasteiger partial charge is 0.325 e. The summed E-state index contributed by atoms with van der Waals surface area (Å²) < 4.78 is 51.8. The van der Waals surface area contributed by atoms with E-state index in [4.69, 9.17) is 0 Å². The minimum atomic E-state index is -3.91. The Balaban J connectivity index is 1.73. The third-order valence-corrected chi connectivity index (χ3v) is 8.74. The number of carbonyl (C=O) groups excluding carboxylic acids is 1. The molecule has 1 heterocycles. The second kappa shape index (κ2) is 9.30. The van der Waals surface area contributed by atoms with Gasteiger partial charge in [-0.05, 0) is 50.6 Å². The normalized spacial score (nSPS) is 20.8. The molecular formula is C22H29N3O5S2. The number of hydrogen-bond donors (Lipinski definition) is 1. The fourth-order valence-corrected chi connectivity index (χ4v) is 6.71. The minimum Gasteiger partial charge on any atom is -0.325 e. The van der Waals surface area contributed by atoms with Gasteiger partial charge in [0.05, 0.1) is 16.3 Å². The van der Waals surface area contributed by atoms with Crippen molar-refractivity contribution >= 4 is 31.5 Å². The van der Waals surface area contributed by atoms with Gasteiger partial charge in [-0.2, -0.15) is 4.31 Å². The van der Waals surface area contributed by atoms with Crippen LogP contribution in [0.15, 0.2) is 58.3 Å². The first-order valence-corrected chi connectivity index (χ1v) is 13.6. The van der Waals surface area contributed by atoms with Crippen molar-refractivity contribution in [2.24, 2.45) is 0 Å². The van der Waals surface area contributed by atoms with E-state index in [0.29, 0.717) is 13.1 Å². The van der Waals surface area contributed by atoms with Gasteiger partial charge < -0.3 is 5.32 Å². The lowest BCUT2D eigenvalue weighted by atomic mass is 10.1. The highest BCUT2D eigenvalue weighted by Gasteiger charge is 2.39. The van der Waals surface area contributed by atoms with Crippen LogP contribution < -0.4 is 5.32 Å². The van der Waals surface area contributed by atoms with E-state index in [-0.39, 0.29) is 22.2 Å². The third kappa shape index (κ3) is 5.37. The van der Waals surface area contributed by atoms with Crippen LogP contribution in [0.25, 0.3) is 0 Å². The maximum Gasteiger partial charge on any atom is 0.243 e. The first kappa shape index (κ1) is 24.4. The van der Waals surface area contributed by atoms with Crippen molar-refractivity contribution in [3.05, 3.63) is 54.1 Å². The van der Waals surface area contributed by atoms with Gasteiger partial charge in [-0.1, -0.05) is 24.3 Å². The fraction of sp³-hybridized carbons (Fsp3) is 0.409. The third-order valence-electron chi connectivity index (χ3n) is 5.51. The molecule has 1 N–H and O–H groups in total. The van der Waals surface area contributed by atoms with Crippen LogP contribution in [0.3, 0.4) is 0 Å². The summed E-state index contributed by atoms with van der Waals surface area (Å²) in [5.41, 5.74) is 1.72. The monoisotopic (exact) mass is 479 g/mol. The molecule has 1 amide bonds. The molecule has 8 nitrogen and oxygen atoms in total. The SMILES string of the molecule is Cc1ccccc1NC(=O)CN1C[C@@H](C)N(S(=O)(=O)c2cccc(S(C)(=O)=O)c2)[C@@H](C)C1. The van der Waals surface area contributed by atoms with Crippen LogP contribution in [-0.2, 0) is 24.7 Å². The molecular weight excluding hydrogens is 450 g/mol. The van der Waals surface area contributed by atoms with Crippen LogP contribution in [0.2, 0.25) is 0 Å². The Bertz CT molecular complexity index is 1200. The maximum atomic E-state index is 13.3. The lowest BCUT2D eigenvalue weighted by Crippen LogP contribution is -2.59. The Kier molecular flexibility index (Phi) is 7.09. The van der Waals surface area contributed by atoms with Gasteiger partial charge in [0.25, 0.3) is 0 Å². The molecule has 1 fully saturated rings. The molecule has 0 radical (unpaired) electrons. The number of nitrogens with zero attached hydrogens (tertiary/aromatic N) is 2. The van der Waals surface area contributed by atoms with E-state index in [9.17, 15) is 21.6 Å². The van der Waals surface area contributed by atoms with Crippen LogP contribution in [0.4, 0.5) is 5.69 Å². The van der Waals surface area contributed by atoms with Gasteiger partial charge >= 0.3 is 0 Å². The number of anilines is 1. The van der Waals surface area contributed by atoms with E-state index in [1.807, 2.05) is 36.1 Å². The molecule has 0 bridgehead atoms. The topological polar surface area (TPSA) is 104 Å². The van der Waals surface area contributed by atoms with Gasteiger partial charge in [-0.25, -0.2) is 16.8 Å². The Morgan fingerprint density at radius 3 is 2.16 bits per heavy atom. The summed E-state index contributed by atoms with van der Waals surface area (Å²) in [6, 6.07) is 12.2. The first-order chi connectivity index (χ1) is 14.9. The molecule has 32 heavy (non-hydrogen) atoms. The Labute approximate surface area is 190 Å². The summed E-state index contributed by atoms with van der Waals surface area (Å²) in [4.78, 5) is 14.4. The second-order valence-electron chi connectivity index (χ2n) is 8.34. The molecule has 174 valence electrons. The number of carbonyl (C=O) groups is 1.